The summed E-state index contributed by atoms with van der Waals surface area (Å²) in [5.74, 6) is 0.700. The summed E-state index contributed by atoms with van der Waals surface area (Å²) in [6, 6.07) is 15.1. The highest BCUT2D eigenvalue weighted by molar-refractivity contribution is 7.98. The Kier molecular flexibility index (Phi) is 7.58. The van der Waals surface area contributed by atoms with Crippen molar-refractivity contribution in [2.75, 3.05) is 13.4 Å². The molecule has 0 aliphatic rings. The van der Waals surface area contributed by atoms with Crippen molar-refractivity contribution in [3.05, 3.63) is 82.6 Å². The van der Waals surface area contributed by atoms with Crippen LogP contribution in [0.1, 0.15) is 25.3 Å². The zero-order valence-corrected chi connectivity index (χ0v) is 18.6. The summed E-state index contributed by atoms with van der Waals surface area (Å²) in [5, 5.41) is 2.10. The van der Waals surface area contributed by atoms with Crippen LogP contribution in [0.3, 0.4) is 0 Å². The van der Waals surface area contributed by atoms with Gasteiger partial charge in [-0.05, 0) is 79.6 Å². The first-order valence-electron chi connectivity index (χ1n) is 10.1. The molecule has 0 aliphatic carbocycles. The Morgan fingerprint density at radius 1 is 1.20 bits per heavy atom. The van der Waals surface area contributed by atoms with Gasteiger partial charge in [0.2, 0.25) is 0 Å². The van der Waals surface area contributed by atoms with Gasteiger partial charge in [-0.3, -0.25) is 0 Å². The first kappa shape index (κ1) is 22.0. The molecule has 2 nitrogen and oxygen atoms in total. The van der Waals surface area contributed by atoms with Gasteiger partial charge in [0, 0.05) is 21.5 Å². The number of hydrogen-bond acceptors (Lipinski definition) is 2. The van der Waals surface area contributed by atoms with Crippen LogP contribution in [0.15, 0.2) is 65.6 Å². The summed E-state index contributed by atoms with van der Waals surface area (Å²) in [6.07, 6.45) is 9.10. The van der Waals surface area contributed by atoms with Crippen LogP contribution in [-0.4, -0.2) is 18.3 Å². The number of methoxy groups -OCH3 is 1. The number of H-pyrrole nitrogens is 1. The predicted molar refractivity (Wildman–Crippen MR) is 127 cm³/mol. The fraction of sp³-hybridized carbons (Fsp3) is 0.231. The van der Waals surface area contributed by atoms with Crippen molar-refractivity contribution < 1.29 is 9.13 Å². The average molecular weight is 422 g/mol. The van der Waals surface area contributed by atoms with Crippen LogP contribution in [0.25, 0.3) is 23.4 Å². The van der Waals surface area contributed by atoms with Crippen LogP contribution in [0, 0.1) is 5.82 Å². The lowest BCUT2D eigenvalue weighted by Gasteiger charge is -2.09. The van der Waals surface area contributed by atoms with Crippen LogP contribution in [0.2, 0.25) is 0 Å². The van der Waals surface area contributed by atoms with Crippen molar-refractivity contribution in [2.24, 2.45) is 0 Å². The fourth-order valence-corrected chi connectivity index (χ4v) is 4.04. The second-order valence-electron chi connectivity index (χ2n) is 7.20. The maximum absolute atomic E-state index is 13.6. The van der Waals surface area contributed by atoms with Gasteiger partial charge >= 0.3 is 0 Å². The van der Waals surface area contributed by atoms with E-state index in [2.05, 4.69) is 48.2 Å². The Morgan fingerprint density at radius 3 is 2.73 bits per heavy atom. The molecule has 1 heterocycles. The number of thioether (sulfide) groups is 1. The molecule has 3 aromatic rings. The molecule has 0 spiro atoms. The number of ether oxygens (including phenoxy) is 1. The molecule has 0 bridgehead atoms. The van der Waals surface area contributed by atoms with E-state index >= 15 is 0 Å². The lowest BCUT2D eigenvalue weighted by molar-refractivity contribution is 0.404. The second kappa shape index (κ2) is 10.4. The van der Waals surface area contributed by atoms with E-state index in [9.17, 15) is 4.39 Å². The molecule has 1 N–H and O–H groups in total. The van der Waals surface area contributed by atoms with Gasteiger partial charge in [0.05, 0.1) is 7.11 Å². The Hall–Kier alpha value is -2.72. The van der Waals surface area contributed by atoms with E-state index in [-0.39, 0.29) is 5.82 Å². The molecule has 0 amide bonds. The normalized spacial score (nSPS) is 12.4. The molecule has 4 heteroatoms. The number of halogens is 1. The molecule has 0 unspecified atom stereocenters. The molecular weight excluding hydrogens is 393 g/mol. The minimum atomic E-state index is -0.235. The highest BCUT2D eigenvalue weighted by atomic mass is 32.2. The quantitative estimate of drug-likeness (QED) is 0.471. The largest absolute Gasteiger partial charge is 0.496 e. The number of aromatic nitrogens is 1. The summed E-state index contributed by atoms with van der Waals surface area (Å²) >= 11 is 1.69. The van der Waals surface area contributed by atoms with Gasteiger partial charge in [0.1, 0.15) is 11.6 Å². The Labute approximate surface area is 182 Å². The van der Waals surface area contributed by atoms with Crippen LogP contribution in [-0.2, 0) is 6.42 Å². The summed E-state index contributed by atoms with van der Waals surface area (Å²) in [4.78, 5) is 4.57. The van der Waals surface area contributed by atoms with E-state index in [1.165, 1.54) is 11.6 Å². The average Bonchev–Trinajstić information content (AvgIpc) is 3.16. The molecular formula is C26H28FNOS. The molecule has 30 heavy (non-hydrogen) atoms. The summed E-state index contributed by atoms with van der Waals surface area (Å²) in [7, 11) is 1.71. The molecule has 0 saturated carbocycles. The highest BCUT2D eigenvalue weighted by Crippen LogP contribution is 2.29. The van der Waals surface area contributed by atoms with E-state index < -0.39 is 0 Å². The molecule has 0 saturated heterocycles. The highest BCUT2D eigenvalue weighted by Gasteiger charge is 2.05. The maximum atomic E-state index is 13.6. The number of rotatable bonds is 8. The summed E-state index contributed by atoms with van der Waals surface area (Å²) < 4.78 is 19.0. The fourth-order valence-electron chi connectivity index (χ4n) is 3.49. The molecule has 0 fully saturated rings. The standard InChI is InChI=1S/C26H28FNOS/c1-5-20-17-24(21-10-7-11-22(27)16-21)28-23(20)14-18(2)8-6-9-19-12-13-26(30-4)25(15-19)29-3/h5,7,10-17,28H,2,6,8-9H2,1,3-4H3/b20-5-,23-14+. The van der Waals surface area contributed by atoms with Crippen LogP contribution in [0.4, 0.5) is 4.39 Å². The third-order valence-corrected chi connectivity index (χ3v) is 5.86. The van der Waals surface area contributed by atoms with Gasteiger partial charge in [0.15, 0.2) is 0 Å². The number of aryl methyl sites for hydroxylation is 1. The third kappa shape index (κ3) is 5.45. The van der Waals surface area contributed by atoms with Crippen molar-refractivity contribution in [3.8, 4) is 17.0 Å². The lowest BCUT2D eigenvalue weighted by Crippen LogP contribution is -2.21. The molecule has 0 aliphatic heterocycles. The van der Waals surface area contributed by atoms with Crippen LogP contribution < -0.4 is 15.3 Å². The summed E-state index contributed by atoms with van der Waals surface area (Å²) in [5.41, 5.74) is 4.08. The molecule has 1 aromatic heterocycles. The third-order valence-electron chi connectivity index (χ3n) is 5.09. The first-order chi connectivity index (χ1) is 14.5. The van der Waals surface area contributed by atoms with Gasteiger partial charge in [-0.15, -0.1) is 11.8 Å². The maximum Gasteiger partial charge on any atom is 0.132 e. The number of benzene rings is 2. The van der Waals surface area contributed by atoms with Crippen LogP contribution >= 0.6 is 11.8 Å². The Morgan fingerprint density at radius 2 is 2.03 bits per heavy atom. The summed E-state index contributed by atoms with van der Waals surface area (Å²) in [6.45, 7) is 6.24. The van der Waals surface area contributed by atoms with Gasteiger partial charge in [-0.1, -0.05) is 36.4 Å². The van der Waals surface area contributed by atoms with E-state index in [4.69, 9.17) is 4.74 Å². The molecule has 0 atom stereocenters. The van der Waals surface area contributed by atoms with Gasteiger partial charge in [0.25, 0.3) is 0 Å². The molecule has 2 aromatic carbocycles. The van der Waals surface area contributed by atoms with E-state index in [0.717, 1.165) is 57.3 Å². The van der Waals surface area contributed by atoms with Crippen molar-refractivity contribution in [2.45, 2.75) is 31.1 Å². The Bertz CT molecular complexity index is 1150. The van der Waals surface area contributed by atoms with Gasteiger partial charge in [-0.2, -0.15) is 0 Å². The smallest absolute Gasteiger partial charge is 0.132 e. The zero-order chi connectivity index (χ0) is 21.5. The van der Waals surface area contributed by atoms with E-state index in [1.54, 1.807) is 31.0 Å². The monoisotopic (exact) mass is 421 g/mol. The van der Waals surface area contributed by atoms with Gasteiger partial charge < -0.3 is 9.72 Å². The molecule has 0 radical (unpaired) electrons. The van der Waals surface area contributed by atoms with Crippen molar-refractivity contribution >= 4 is 23.9 Å². The topological polar surface area (TPSA) is 25.0 Å². The van der Waals surface area contributed by atoms with Gasteiger partial charge in [-0.25, -0.2) is 4.39 Å². The zero-order valence-electron chi connectivity index (χ0n) is 17.8. The van der Waals surface area contributed by atoms with E-state index in [1.807, 2.05) is 19.1 Å². The van der Waals surface area contributed by atoms with Crippen molar-refractivity contribution in [1.29, 1.82) is 0 Å². The van der Waals surface area contributed by atoms with Crippen molar-refractivity contribution in [3.63, 3.8) is 0 Å². The Balaban J connectivity index is 1.69. The number of hydrogen-bond donors (Lipinski definition) is 1. The minimum Gasteiger partial charge on any atom is -0.496 e. The SMILES string of the molecule is C=C(/C=c1/[nH]c(-c2cccc(F)c2)c/c1=C/C)CCCc1ccc(SC)c(OC)c1. The minimum absolute atomic E-state index is 0.235. The van der Waals surface area contributed by atoms with Crippen molar-refractivity contribution in [1.82, 2.24) is 4.98 Å². The lowest BCUT2D eigenvalue weighted by atomic mass is 10.0. The molecule has 156 valence electrons. The van der Waals surface area contributed by atoms with E-state index in [0.29, 0.717) is 0 Å². The number of nitrogens with one attached hydrogen (secondary N) is 1. The number of aromatic amines is 1. The number of allylic oxidation sites excluding steroid dienone is 1. The van der Waals surface area contributed by atoms with Crippen LogP contribution in [0.5, 0.6) is 5.75 Å². The second-order valence-corrected chi connectivity index (χ2v) is 8.04. The predicted octanol–water partition coefficient (Wildman–Crippen LogP) is 5.71. The molecule has 3 rings (SSSR count). The first-order valence-corrected chi connectivity index (χ1v) is 11.3.